The molecule has 0 saturated heterocycles. The zero-order chi connectivity index (χ0) is 21.7. The van der Waals surface area contributed by atoms with Crippen LogP contribution in [0.3, 0.4) is 0 Å². The van der Waals surface area contributed by atoms with Gasteiger partial charge in [0.15, 0.2) is 11.6 Å². The van der Waals surface area contributed by atoms with Crippen LogP contribution in [0.15, 0.2) is 36.4 Å². The van der Waals surface area contributed by atoms with Crippen molar-refractivity contribution in [3.05, 3.63) is 64.2 Å². The fraction of sp³-hybridized carbons (Fsp3) is 0.304. The maximum absolute atomic E-state index is 14.3. The van der Waals surface area contributed by atoms with Crippen molar-refractivity contribution in [2.45, 2.75) is 46.1 Å². The number of allylic oxidation sites excluding steroid dienone is 2. The molecule has 1 aliphatic rings. The number of ether oxygens (including phenoxy) is 1. The molecule has 2 N–H and O–H groups in total. The molecule has 0 fully saturated rings. The molecular weight excluding hydrogens is 406 g/mol. The summed E-state index contributed by atoms with van der Waals surface area (Å²) < 4.78 is 34.3. The standard InChI is InChI=1S/C21H18F2N2O2S.C2H6/c22-14-7-8-16(20(23)19(14)21(24)26)27-11-18-25-15-10-13(6-9-17(15)28-18)12-4-2-1-3-5-12;1-2/h4,6-10H,1-3,5,11H2,(H2,24,26);1-2H3. The van der Waals surface area contributed by atoms with Gasteiger partial charge in [-0.15, -0.1) is 11.3 Å². The molecule has 0 radical (unpaired) electrons. The Kier molecular flexibility index (Phi) is 7.15. The van der Waals surface area contributed by atoms with Crippen molar-refractivity contribution in [2.75, 3.05) is 0 Å². The molecule has 158 valence electrons. The maximum atomic E-state index is 14.3. The third kappa shape index (κ3) is 4.67. The summed E-state index contributed by atoms with van der Waals surface area (Å²) in [6.45, 7) is 4.01. The summed E-state index contributed by atoms with van der Waals surface area (Å²) in [7, 11) is 0. The third-order valence-corrected chi connectivity index (χ3v) is 5.76. The molecule has 1 heterocycles. The lowest BCUT2D eigenvalue weighted by molar-refractivity contribution is 0.0991. The fourth-order valence-electron chi connectivity index (χ4n) is 3.35. The molecule has 4 rings (SSSR count). The highest BCUT2D eigenvalue weighted by Gasteiger charge is 2.19. The van der Waals surface area contributed by atoms with Gasteiger partial charge in [0.25, 0.3) is 5.91 Å². The summed E-state index contributed by atoms with van der Waals surface area (Å²) >= 11 is 1.45. The van der Waals surface area contributed by atoms with Crippen molar-refractivity contribution >= 4 is 33.0 Å². The number of carbonyl (C=O) groups is 1. The number of thiazole rings is 1. The zero-order valence-corrected chi connectivity index (χ0v) is 17.8. The maximum Gasteiger partial charge on any atom is 0.254 e. The third-order valence-electron chi connectivity index (χ3n) is 4.75. The van der Waals surface area contributed by atoms with E-state index in [1.165, 1.54) is 35.3 Å². The van der Waals surface area contributed by atoms with Gasteiger partial charge in [0.2, 0.25) is 0 Å². The molecule has 0 spiro atoms. The van der Waals surface area contributed by atoms with Crippen LogP contribution in [0, 0.1) is 11.6 Å². The lowest BCUT2D eigenvalue weighted by atomic mass is 9.94. The monoisotopic (exact) mass is 430 g/mol. The Morgan fingerprint density at radius 2 is 2.00 bits per heavy atom. The summed E-state index contributed by atoms with van der Waals surface area (Å²) in [5.41, 5.74) is 7.63. The van der Waals surface area contributed by atoms with Gasteiger partial charge >= 0.3 is 0 Å². The van der Waals surface area contributed by atoms with Crippen LogP contribution >= 0.6 is 11.3 Å². The van der Waals surface area contributed by atoms with Gasteiger partial charge in [0.05, 0.1) is 10.2 Å². The molecular formula is C23H24F2N2O2S. The molecule has 1 amide bonds. The molecule has 3 aromatic rings. The Bertz CT molecular complexity index is 1090. The second kappa shape index (κ2) is 9.80. The van der Waals surface area contributed by atoms with Crippen LogP contribution < -0.4 is 10.5 Å². The van der Waals surface area contributed by atoms with Gasteiger partial charge in [-0.3, -0.25) is 4.79 Å². The number of hydrogen-bond acceptors (Lipinski definition) is 4. The smallest absolute Gasteiger partial charge is 0.254 e. The molecule has 1 aliphatic carbocycles. The van der Waals surface area contributed by atoms with Crippen molar-refractivity contribution in [3.63, 3.8) is 0 Å². The van der Waals surface area contributed by atoms with Crippen molar-refractivity contribution in [1.82, 2.24) is 4.98 Å². The predicted molar refractivity (Wildman–Crippen MR) is 117 cm³/mol. The second-order valence-corrected chi connectivity index (χ2v) is 7.77. The van der Waals surface area contributed by atoms with Gasteiger partial charge in [-0.25, -0.2) is 13.8 Å². The summed E-state index contributed by atoms with van der Waals surface area (Å²) in [6, 6.07) is 8.29. The Labute approximate surface area is 178 Å². The number of benzene rings is 2. The number of primary amides is 1. The molecule has 0 bridgehead atoms. The van der Waals surface area contributed by atoms with E-state index in [1.807, 2.05) is 19.9 Å². The average molecular weight is 431 g/mol. The highest BCUT2D eigenvalue weighted by molar-refractivity contribution is 7.18. The van der Waals surface area contributed by atoms with Crippen LogP contribution in [0.1, 0.15) is 60.5 Å². The molecule has 0 atom stereocenters. The summed E-state index contributed by atoms with van der Waals surface area (Å²) in [4.78, 5) is 15.8. The van der Waals surface area contributed by atoms with Gasteiger partial charge in [-0.2, -0.15) is 0 Å². The van der Waals surface area contributed by atoms with Crippen LogP contribution in [-0.2, 0) is 6.61 Å². The Balaban J connectivity index is 0.00000124. The first-order valence-electron chi connectivity index (χ1n) is 10.0. The molecule has 0 unspecified atom stereocenters. The van der Waals surface area contributed by atoms with E-state index in [0.29, 0.717) is 5.01 Å². The van der Waals surface area contributed by atoms with Crippen molar-refractivity contribution in [3.8, 4) is 5.75 Å². The Morgan fingerprint density at radius 3 is 2.70 bits per heavy atom. The van der Waals surface area contributed by atoms with Crippen molar-refractivity contribution in [2.24, 2.45) is 5.73 Å². The number of nitrogens with two attached hydrogens (primary N) is 1. The number of aromatic nitrogens is 1. The Hall–Kier alpha value is -2.80. The number of rotatable bonds is 5. The van der Waals surface area contributed by atoms with Crippen LogP contribution in [0.2, 0.25) is 0 Å². The number of amides is 1. The Morgan fingerprint density at radius 1 is 1.20 bits per heavy atom. The van der Waals surface area contributed by atoms with Gasteiger partial charge in [-0.05, 0) is 61.1 Å². The largest absolute Gasteiger partial charge is 0.483 e. The van der Waals surface area contributed by atoms with E-state index >= 15 is 0 Å². The fourth-order valence-corrected chi connectivity index (χ4v) is 4.21. The van der Waals surface area contributed by atoms with Crippen LogP contribution in [-0.4, -0.2) is 10.9 Å². The van der Waals surface area contributed by atoms with E-state index in [-0.39, 0.29) is 12.4 Å². The summed E-state index contributed by atoms with van der Waals surface area (Å²) in [5.74, 6) is -3.52. The SMILES string of the molecule is CC.NC(=O)c1c(F)ccc(OCc2nc3cc(C4=CCCCC4)ccc3s2)c1F. The number of halogens is 2. The molecule has 7 heteroatoms. The van der Waals surface area contributed by atoms with Gasteiger partial charge in [0.1, 0.15) is 23.0 Å². The van der Waals surface area contributed by atoms with E-state index in [4.69, 9.17) is 10.5 Å². The van der Waals surface area contributed by atoms with E-state index < -0.39 is 23.1 Å². The first-order valence-corrected chi connectivity index (χ1v) is 10.8. The number of hydrogen-bond donors (Lipinski definition) is 1. The van der Waals surface area contributed by atoms with E-state index in [1.54, 1.807) is 0 Å². The number of carbonyl (C=O) groups excluding carboxylic acids is 1. The van der Waals surface area contributed by atoms with Gasteiger partial charge < -0.3 is 10.5 Å². The van der Waals surface area contributed by atoms with Crippen LogP contribution in [0.5, 0.6) is 5.75 Å². The first-order chi connectivity index (χ1) is 14.5. The zero-order valence-electron chi connectivity index (χ0n) is 17.0. The average Bonchev–Trinajstić information content (AvgIpc) is 3.17. The lowest BCUT2D eigenvalue weighted by Gasteiger charge is -2.12. The van der Waals surface area contributed by atoms with Gasteiger partial charge in [-0.1, -0.05) is 26.0 Å². The van der Waals surface area contributed by atoms with E-state index in [9.17, 15) is 13.6 Å². The highest BCUT2D eigenvalue weighted by Crippen LogP contribution is 2.31. The van der Waals surface area contributed by atoms with Crippen LogP contribution in [0.4, 0.5) is 8.78 Å². The molecule has 0 aliphatic heterocycles. The number of fused-ring (bicyclic) bond motifs is 1. The van der Waals surface area contributed by atoms with Crippen molar-refractivity contribution < 1.29 is 18.3 Å². The topological polar surface area (TPSA) is 65.2 Å². The first kappa shape index (κ1) is 21.9. The van der Waals surface area contributed by atoms with E-state index in [0.717, 1.165) is 35.2 Å². The van der Waals surface area contributed by atoms with Crippen molar-refractivity contribution in [1.29, 1.82) is 0 Å². The number of nitrogens with zero attached hydrogens (tertiary/aromatic N) is 1. The molecule has 0 saturated carbocycles. The quantitative estimate of drug-likeness (QED) is 0.521. The highest BCUT2D eigenvalue weighted by atomic mass is 32.1. The second-order valence-electron chi connectivity index (χ2n) is 6.65. The summed E-state index contributed by atoms with van der Waals surface area (Å²) in [6.07, 6.45) is 6.92. The molecule has 30 heavy (non-hydrogen) atoms. The minimum Gasteiger partial charge on any atom is -0.483 e. The minimum atomic E-state index is -1.18. The normalized spacial score (nSPS) is 13.4. The predicted octanol–water partition coefficient (Wildman–Crippen LogP) is 6.24. The molecule has 2 aromatic carbocycles. The summed E-state index contributed by atoms with van der Waals surface area (Å²) in [5, 5.41) is 0.661. The lowest BCUT2D eigenvalue weighted by Crippen LogP contribution is -2.16. The van der Waals surface area contributed by atoms with Crippen LogP contribution in [0.25, 0.3) is 15.8 Å². The minimum absolute atomic E-state index is 0.0120. The molecule has 1 aromatic heterocycles. The molecule has 4 nitrogen and oxygen atoms in total. The van der Waals surface area contributed by atoms with E-state index in [2.05, 4.69) is 23.2 Å². The van der Waals surface area contributed by atoms with Gasteiger partial charge in [0, 0.05) is 0 Å².